The molecule has 0 heterocycles. The van der Waals surface area contributed by atoms with E-state index in [4.69, 9.17) is 10.8 Å². The molecule has 0 spiro atoms. The Hall–Kier alpha value is -0.523. The first kappa shape index (κ1) is 15.5. The Balaban J connectivity index is 4.49. The van der Waals surface area contributed by atoms with Crippen LogP contribution in [0.1, 0.15) is 40.0 Å². The van der Waals surface area contributed by atoms with E-state index < -0.39 is 8.32 Å². The summed E-state index contributed by atoms with van der Waals surface area (Å²) in [6, 6.07) is 0. The Morgan fingerprint density at radius 3 is 2.38 bits per heavy atom. The third-order valence-electron chi connectivity index (χ3n) is 3.31. The van der Waals surface area contributed by atoms with Crippen molar-refractivity contribution in [3.8, 4) is 12.3 Å². The van der Waals surface area contributed by atoms with Gasteiger partial charge in [0, 0.05) is 12.5 Å². The lowest BCUT2D eigenvalue weighted by Gasteiger charge is -2.39. The van der Waals surface area contributed by atoms with Crippen LogP contribution in [0.5, 0.6) is 0 Å². The first-order chi connectivity index (χ1) is 7.24. The number of hydrogen-bond acceptors (Lipinski definition) is 1. The minimum absolute atomic E-state index is 0.245. The van der Waals surface area contributed by atoms with Gasteiger partial charge in [-0.2, -0.15) is 0 Å². The van der Waals surface area contributed by atoms with Gasteiger partial charge >= 0.3 is 0 Å². The van der Waals surface area contributed by atoms with Crippen molar-refractivity contribution in [2.45, 2.75) is 64.3 Å². The molecule has 16 heavy (non-hydrogen) atoms. The molecule has 92 valence electrons. The monoisotopic (exact) mass is 238 g/mol. The molecule has 1 atom stereocenters. The molecule has 0 aliphatic heterocycles. The van der Waals surface area contributed by atoms with Crippen LogP contribution in [0.3, 0.4) is 0 Å². The first-order valence-corrected chi connectivity index (χ1v) is 8.87. The quantitative estimate of drug-likeness (QED) is 0.379. The molecular formula is C14H26OSi. The molecular weight excluding hydrogens is 212 g/mol. The summed E-state index contributed by atoms with van der Waals surface area (Å²) in [6.07, 6.45) is 10.1. The summed E-state index contributed by atoms with van der Waals surface area (Å²) in [5.74, 6) is 2.68. The maximum Gasteiger partial charge on any atom is 0.192 e. The lowest BCUT2D eigenvalue weighted by molar-refractivity contribution is 0.175. The van der Waals surface area contributed by atoms with Gasteiger partial charge in [-0.15, -0.1) is 18.9 Å². The highest BCUT2D eigenvalue weighted by Crippen LogP contribution is 2.38. The van der Waals surface area contributed by atoms with E-state index in [9.17, 15) is 0 Å². The summed E-state index contributed by atoms with van der Waals surface area (Å²) in [5.41, 5.74) is 0. The smallest absolute Gasteiger partial charge is 0.192 e. The molecule has 0 radical (unpaired) electrons. The fraction of sp³-hybridized carbons (Fsp3) is 0.714. The van der Waals surface area contributed by atoms with Gasteiger partial charge in [0.05, 0.1) is 0 Å². The van der Waals surface area contributed by atoms with Crippen molar-refractivity contribution >= 4 is 8.32 Å². The fourth-order valence-electron chi connectivity index (χ4n) is 1.25. The van der Waals surface area contributed by atoms with Gasteiger partial charge < -0.3 is 4.43 Å². The fourth-order valence-corrected chi connectivity index (χ4v) is 2.65. The molecule has 0 aromatic rings. The molecule has 0 aromatic carbocycles. The maximum absolute atomic E-state index is 6.32. The van der Waals surface area contributed by atoms with Crippen LogP contribution in [0.2, 0.25) is 18.1 Å². The van der Waals surface area contributed by atoms with Crippen molar-refractivity contribution < 1.29 is 4.43 Å². The maximum atomic E-state index is 6.32. The molecule has 0 fully saturated rings. The van der Waals surface area contributed by atoms with Gasteiger partial charge in [0.15, 0.2) is 8.32 Å². The minimum atomic E-state index is -1.67. The van der Waals surface area contributed by atoms with Crippen LogP contribution in [-0.4, -0.2) is 14.4 Å². The summed E-state index contributed by atoms with van der Waals surface area (Å²) in [7, 11) is -1.67. The van der Waals surface area contributed by atoms with Crippen LogP contribution in [0, 0.1) is 12.3 Å². The van der Waals surface area contributed by atoms with Gasteiger partial charge in [0.25, 0.3) is 0 Å². The van der Waals surface area contributed by atoms with E-state index in [0.717, 1.165) is 19.3 Å². The van der Waals surface area contributed by atoms with E-state index in [-0.39, 0.29) is 11.1 Å². The molecule has 0 unspecified atom stereocenters. The second kappa shape index (κ2) is 6.27. The van der Waals surface area contributed by atoms with Crippen LogP contribution in [0.15, 0.2) is 12.7 Å². The number of hydrogen-bond donors (Lipinski definition) is 0. The largest absolute Gasteiger partial charge is 0.414 e. The van der Waals surface area contributed by atoms with Crippen LogP contribution >= 0.6 is 0 Å². The molecule has 0 bridgehead atoms. The summed E-state index contributed by atoms with van der Waals surface area (Å²) in [4.78, 5) is 0. The van der Waals surface area contributed by atoms with Gasteiger partial charge in [-0.1, -0.05) is 26.8 Å². The zero-order chi connectivity index (χ0) is 12.8. The van der Waals surface area contributed by atoms with E-state index in [1.807, 2.05) is 6.08 Å². The molecule has 0 aliphatic rings. The van der Waals surface area contributed by atoms with Gasteiger partial charge in [0.1, 0.15) is 0 Å². The highest BCUT2D eigenvalue weighted by atomic mass is 28.4. The standard InChI is InChI=1S/C14H26OSi/c1-8-10-12-13(11-9-2)15-16(6,7)14(3,4)5/h1,9,13H,2,10-12H2,3-7H3/t13-/m1/s1. The van der Waals surface area contributed by atoms with E-state index in [0.29, 0.717) is 0 Å². The van der Waals surface area contributed by atoms with Crippen molar-refractivity contribution in [1.82, 2.24) is 0 Å². The zero-order valence-corrected chi connectivity index (χ0v) is 12.5. The second-order valence-electron chi connectivity index (χ2n) is 5.77. The van der Waals surface area contributed by atoms with Gasteiger partial charge in [0.2, 0.25) is 0 Å². The Bertz CT molecular complexity index is 255. The van der Waals surface area contributed by atoms with E-state index >= 15 is 0 Å². The molecule has 2 heteroatoms. The summed E-state index contributed by atoms with van der Waals surface area (Å²) >= 11 is 0. The average Bonchev–Trinajstić information content (AvgIpc) is 2.12. The molecule has 0 aliphatic carbocycles. The molecule has 0 rings (SSSR count). The second-order valence-corrected chi connectivity index (χ2v) is 10.5. The minimum Gasteiger partial charge on any atom is -0.414 e. The van der Waals surface area contributed by atoms with Crippen LogP contribution in [0.25, 0.3) is 0 Å². The Morgan fingerprint density at radius 1 is 1.44 bits per heavy atom. The van der Waals surface area contributed by atoms with Crippen molar-refractivity contribution in [2.24, 2.45) is 0 Å². The van der Waals surface area contributed by atoms with Crippen molar-refractivity contribution in [1.29, 1.82) is 0 Å². The van der Waals surface area contributed by atoms with E-state index in [1.54, 1.807) is 0 Å². The highest BCUT2D eigenvalue weighted by Gasteiger charge is 2.38. The van der Waals surface area contributed by atoms with E-state index in [2.05, 4.69) is 46.4 Å². The van der Waals surface area contributed by atoms with Crippen LogP contribution in [-0.2, 0) is 4.43 Å². The topological polar surface area (TPSA) is 9.23 Å². The predicted octanol–water partition coefficient (Wildman–Crippen LogP) is 4.37. The summed E-state index contributed by atoms with van der Waals surface area (Å²) in [6.45, 7) is 15.1. The van der Waals surface area contributed by atoms with Crippen molar-refractivity contribution in [2.75, 3.05) is 0 Å². The summed E-state index contributed by atoms with van der Waals surface area (Å²) in [5, 5.41) is 0.253. The molecule has 0 N–H and O–H groups in total. The van der Waals surface area contributed by atoms with Crippen LogP contribution < -0.4 is 0 Å². The van der Waals surface area contributed by atoms with Gasteiger partial charge in [-0.3, -0.25) is 0 Å². The third kappa shape index (κ3) is 5.00. The molecule has 0 saturated carbocycles. The number of rotatable bonds is 6. The first-order valence-electron chi connectivity index (χ1n) is 5.97. The molecule has 0 aromatic heterocycles. The lowest BCUT2D eigenvalue weighted by Crippen LogP contribution is -2.43. The molecule has 0 saturated heterocycles. The molecule has 1 nitrogen and oxygen atoms in total. The Labute approximate surface area is 102 Å². The zero-order valence-electron chi connectivity index (χ0n) is 11.5. The lowest BCUT2D eigenvalue weighted by atomic mass is 10.1. The highest BCUT2D eigenvalue weighted by molar-refractivity contribution is 6.74. The van der Waals surface area contributed by atoms with Crippen LogP contribution in [0.4, 0.5) is 0 Å². The van der Waals surface area contributed by atoms with Gasteiger partial charge in [-0.05, 0) is 31.0 Å². The normalized spacial score (nSPS) is 14.2. The third-order valence-corrected chi connectivity index (χ3v) is 7.84. The Morgan fingerprint density at radius 2 is 2.00 bits per heavy atom. The van der Waals surface area contributed by atoms with Crippen molar-refractivity contribution in [3.63, 3.8) is 0 Å². The van der Waals surface area contributed by atoms with Gasteiger partial charge in [-0.25, -0.2) is 0 Å². The average molecular weight is 238 g/mol. The van der Waals surface area contributed by atoms with Crippen molar-refractivity contribution in [3.05, 3.63) is 12.7 Å². The SMILES string of the molecule is C#CCC[C@@H](CC=C)O[Si](C)(C)C(C)(C)C. The van der Waals surface area contributed by atoms with E-state index in [1.165, 1.54) is 0 Å². The predicted molar refractivity (Wildman–Crippen MR) is 75.0 cm³/mol. The number of terminal acetylenes is 1. The Kier molecular flexibility index (Phi) is 6.07. The molecule has 0 amide bonds. The summed E-state index contributed by atoms with van der Waals surface area (Å²) < 4.78 is 6.32.